The third kappa shape index (κ3) is 5.07. The topological polar surface area (TPSA) is 66.9 Å². The number of carbonyl (C=O) groups excluding carboxylic acids is 1. The molecule has 1 aliphatic heterocycles. The monoisotopic (exact) mass is 440 g/mol. The van der Waals surface area contributed by atoms with E-state index in [1.54, 1.807) is 7.05 Å². The van der Waals surface area contributed by atoms with Crippen LogP contribution in [-0.2, 0) is 14.8 Å². The highest BCUT2D eigenvalue weighted by molar-refractivity contribution is 7.89. The number of anilines is 1. The molecule has 9 heteroatoms. The van der Waals surface area contributed by atoms with Crippen molar-refractivity contribution in [3.05, 3.63) is 53.3 Å². The van der Waals surface area contributed by atoms with Gasteiger partial charge in [0.2, 0.25) is 10.0 Å². The highest BCUT2D eigenvalue weighted by Gasteiger charge is 2.26. The first-order valence-corrected chi connectivity index (χ1v) is 11.1. The van der Waals surface area contributed by atoms with Gasteiger partial charge >= 0.3 is 0 Å². The molecule has 2 aromatic rings. The summed E-state index contributed by atoms with van der Waals surface area (Å²) < 4.78 is 45.4. The fraction of sp³-hybridized carbons (Fsp3) is 0.350. The van der Waals surface area contributed by atoms with E-state index < -0.39 is 15.8 Å². The van der Waals surface area contributed by atoms with Crippen LogP contribution < -0.4 is 9.64 Å². The zero-order chi connectivity index (χ0) is 21.0. The number of piperidine rings is 1. The zero-order valence-corrected chi connectivity index (χ0v) is 17.5. The molecule has 1 aliphatic rings. The maximum Gasteiger partial charge on any atom is 0.264 e. The van der Waals surface area contributed by atoms with Crippen molar-refractivity contribution in [3.63, 3.8) is 0 Å². The first-order valence-electron chi connectivity index (χ1n) is 9.23. The van der Waals surface area contributed by atoms with E-state index in [2.05, 4.69) is 0 Å². The maximum atomic E-state index is 13.0. The molecule has 0 aliphatic carbocycles. The summed E-state index contributed by atoms with van der Waals surface area (Å²) in [6, 6.07) is 9.72. The van der Waals surface area contributed by atoms with E-state index in [9.17, 15) is 17.6 Å². The van der Waals surface area contributed by atoms with E-state index in [0.29, 0.717) is 18.8 Å². The van der Waals surface area contributed by atoms with Crippen LogP contribution in [-0.4, -0.2) is 45.4 Å². The highest BCUT2D eigenvalue weighted by Crippen LogP contribution is 2.30. The van der Waals surface area contributed by atoms with Gasteiger partial charge in [-0.1, -0.05) is 18.0 Å². The summed E-state index contributed by atoms with van der Waals surface area (Å²) in [5.41, 5.74) is 0.522. The first-order chi connectivity index (χ1) is 13.8. The van der Waals surface area contributed by atoms with Gasteiger partial charge in [-0.05, 0) is 55.3 Å². The van der Waals surface area contributed by atoms with Gasteiger partial charge in [-0.2, -0.15) is 4.31 Å². The number of carbonyl (C=O) groups is 1. The van der Waals surface area contributed by atoms with Gasteiger partial charge in [0.05, 0.1) is 9.92 Å². The third-order valence-corrected chi connectivity index (χ3v) is 6.99. The molecule has 0 N–H and O–H groups in total. The molecule has 2 aromatic carbocycles. The number of likely N-dealkylation sites (N-methyl/N-ethyl adjacent to an activating group) is 1. The minimum atomic E-state index is -3.60. The Hall–Kier alpha value is -2.16. The Morgan fingerprint density at radius 1 is 1.14 bits per heavy atom. The molecule has 1 heterocycles. The second-order valence-electron chi connectivity index (χ2n) is 6.77. The summed E-state index contributed by atoms with van der Waals surface area (Å²) in [4.78, 5) is 13.7. The zero-order valence-electron chi connectivity index (χ0n) is 16.0. The van der Waals surface area contributed by atoms with Gasteiger partial charge in [0.1, 0.15) is 11.6 Å². The molecule has 0 spiro atoms. The summed E-state index contributed by atoms with van der Waals surface area (Å²) in [5.74, 6) is -0.542. The number of nitrogens with zero attached hydrogens (tertiary/aromatic N) is 2. The largest absolute Gasteiger partial charge is 0.482 e. The minimum absolute atomic E-state index is 0.103. The van der Waals surface area contributed by atoms with E-state index in [-0.39, 0.29) is 28.2 Å². The van der Waals surface area contributed by atoms with Gasteiger partial charge in [0.15, 0.2) is 6.61 Å². The summed E-state index contributed by atoms with van der Waals surface area (Å²) in [6.45, 7) is 0.705. The lowest BCUT2D eigenvalue weighted by atomic mass is 10.2. The number of halogens is 2. The Kier molecular flexibility index (Phi) is 6.77. The smallest absolute Gasteiger partial charge is 0.264 e. The first kappa shape index (κ1) is 21.5. The van der Waals surface area contributed by atoms with E-state index in [1.165, 1.54) is 51.7 Å². The number of hydrogen-bond acceptors (Lipinski definition) is 4. The predicted octanol–water partition coefficient (Wildman–Crippen LogP) is 3.70. The Labute approximate surface area is 174 Å². The predicted molar refractivity (Wildman–Crippen MR) is 109 cm³/mol. The minimum Gasteiger partial charge on any atom is -0.482 e. The molecule has 6 nitrogen and oxygen atoms in total. The van der Waals surface area contributed by atoms with Crippen LogP contribution in [0, 0.1) is 5.82 Å². The lowest BCUT2D eigenvalue weighted by Gasteiger charge is -2.26. The normalized spacial score (nSPS) is 15.1. The average molecular weight is 441 g/mol. The van der Waals surface area contributed by atoms with Crippen LogP contribution in [0.3, 0.4) is 0 Å². The molecule has 0 unspecified atom stereocenters. The van der Waals surface area contributed by atoms with E-state index in [1.807, 2.05) is 0 Å². The summed E-state index contributed by atoms with van der Waals surface area (Å²) in [6.07, 6.45) is 2.72. The molecule has 29 heavy (non-hydrogen) atoms. The molecule has 0 radical (unpaired) electrons. The molecule has 156 valence electrons. The Bertz CT molecular complexity index is 976. The molecule has 0 bridgehead atoms. The molecule has 3 rings (SSSR count). The van der Waals surface area contributed by atoms with Crippen molar-refractivity contribution in [3.8, 4) is 5.75 Å². The summed E-state index contributed by atoms with van der Waals surface area (Å²) in [7, 11) is -2.05. The fourth-order valence-electron chi connectivity index (χ4n) is 3.06. The van der Waals surface area contributed by atoms with Crippen molar-refractivity contribution >= 4 is 33.2 Å². The number of ether oxygens (including phenoxy) is 1. The van der Waals surface area contributed by atoms with Gasteiger partial charge in [-0.15, -0.1) is 0 Å². The number of benzene rings is 2. The van der Waals surface area contributed by atoms with Crippen molar-refractivity contribution in [1.82, 2.24) is 4.31 Å². The average Bonchev–Trinajstić information content (AvgIpc) is 2.73. The Morgan fingerprint density at radius 2 is 1.79 bits per heavy atom. The lowest BCUT2D eigenvalue weighted by Crippen LogP contribution is -2.35. The van der Waals surface area contributed by atoms with Crippen LogP contribution in [0.4, 0.5) is 10.1 Å². The second kappa shape index (κ2) is 9.11. The highest BCUT2D eigenvalue weighted by atomic mass is 35.5. The molecular weight excluding hydrogens is 419 g/mol. The van der Waals surface area contributed by atoms with E-state index >= 15 is 0 Å². The van der Waals surface area contributed by atoms with E-state index in [0.717, 1.165) is 19.3 Å². The Balaban J connectivity index is 1.66. The van der Waals surface area contributed by atoms with Gasteiger partial charge in [0.25, 0.3) is 5.91 Å². The maximum absolute atomic E-state index is 13.0. The standard InChI is InChI=1S/C20H22ClFN2O4S/c1-23(16-7-5-15(22)6-8-16)20(25)14-28-19-10-9-17(13-18(19)21)29(26,27)24-11-3-2-4-12-24/h5-10,13H,2-4,11-12,14H2,1H3. The van der Waals surface area contributed by atoms with Crippen LogP contribution >= 0.6 is 11.6 Å². The SMILES string of the molecule is CN(C(=O)COc1ccc(S(=O)(=O)N2CCCCC2)cc1Cl)c1ccc(F)cc1. The summed E-state index contributed by atoms with van der Waals surface area (Å²) >= 11 is 6.20. The van der Waals surface area contributed by atoms with Gasteiger partial charge in [0, 0.05) is 25.8 Å². The molecule has 0 saturated carbocycles. The van der Waals surface area contributed by atoms with Crippen molar-refractivity contribution < 1.29 is 22.3 Å². The quantitative estimate of drug-likeness (QED) is 0.687. The number of amides is 1. The van der Waals surface area contributed by atoms with Crippen molar-refractivity contribution in [2.24, 2.45) is 0 Å². The van der Waals surface area contributed by atoms with Crippen LogP contribution in [0.25, 0.3) is 0 Å². The third-order valence-electron chi connectivity index (χ3n) is 4.80. The Morgan fingerprint density at radius 3 is 2.41 bits per heavy atom. The van der Waals surface area contributed by atoms with Crippen LogP contribution in [0.2, 0.25) is 5.02 Å². The number of rotatable bonds is 6. The number of sulfonamides is 1. The van der Waals surface area contributed by atoms with E-state index in [4.69, 9.17) is 16.3 Å². The van der Waals surface area contributed by atoms with Gasteiger partial charge in [-0.3, -0.25) is 4.79 Å². The molecule has 1 fully saturated rings. The van der Waals surface area contributed by atoms with Gasteiger partial charge < -0.3 is 9.64 Å². The molecule has 1 saturated heterocycles. The van der Waals surface area contributed by atoms with Crippen LogP contribution in [0.5, 0.6) is 5.75 Å². The van der Waals surface area contributed by atoms with Crippen molar-refractivity contribution in [1.29, 1.82) is 0 Å². The van der Waals surface area contributed by atoms with Crippen molar-refractivity contribution in [2.75, 3.05) is 31.6 Å². The van der Waals surface area contributed by atoms with Crippen molar-refractivity contribution in [2.45, 2.75) is 24.2 Å². The molecule has 0 atom stereocenters. The molecule has 0 aromatic heterocycles. The van der Waals surface area contributed by atoms with Crippen LogP contribution in [0.1, 0.15) is 19.3 Å². The van der Waals surface area contributed by atoms with Crippen LogP contribution in [0.15, 0.2) is 47.4 Å². The molecular formula is C20H22ClFN2O4S. The van der Waals surface area contributed by atoms with Gasteiger partial charge in [-0.25, -0.2) is 12.8 Å². The lowest BCUT2D eigenvalue weighted by molar-refractivity contribution is -0.120. The number of hydrogen-bond donors (Lipinski definition) is 0. The molecule has 1 amide bonds. The summed E-state index contributed by atoms with van der Waals surface area (Å²) in [5, 5.41) is 0.111. The second-order valence-corrected chi connectivity index (χ2v) is 9.12. The fourth-order valence-corrected chi connectivity index (χ4v) is 4.90.